The van der Waals surface area contributed by atoms with Gasteiger partial charge >= 0.3 is 39.5 Å². The average molecular weight is 1420 g/mol. The van der Waals surface area contributed by atoms with Crippen LogP contribution in [0.15, 0.2) is 0 Å². The molecule has 19 heteroatoms. The zero-order chi connectivity index (χ0) is 71.7. The molecule has 0 aromatic rings. The van der Waals surface area contributed by atoms with Crippen LogP contribution in [-0.4, -0.2) is 96.7 Å². The van der Waals surface area contributed by atoms with Crippen LogP contribution in [0.25, 0.3) is 0 Å². The van der Waals surface area contributed by atoms with Gasteiger partial charge in [0.1, 0.15) is 19.3 Å². The first-order valence-electron chi connectivity index (χ1n) is 40.2. The zero-order valence-electron chi connectivity index (χ0n) is 63.7. The second-order valence-electron chi connectivity index (χ2n) is 29.8. The van der Waals surface area contributed by atoms with Gasteiger partial charge in [0.25, 0.3) is 0 Å². The smallest absolute Gasteiger partial charge is 0.462 e. The Balaban J connectivity index is 5.19. The Morgan fingerprint density at radius 2 is 0.495 bits per heavy atom. The third kappa shape index (κ3) is 70.9. The van der Waals surface area contributed by atoms with E-state index in [1.807, 2.05) is 0 Å². The molecule has 0 aliphatic carbocycles. The monoisotopic (exact) mass is 1420 g/mol. The van der Waals surface area contributed by atoms with Gasteiger partial charge in [0.15, 0.2) is 12.2 Å². The van der Waals surface area contributed by atoms with Crippen LogP contribution in [0.4, 0.5) is 0 Å². The van der Waals surface area contributed by atoms with Gasteiger partial charge in [-0.25, -0.2) is 9.13 Å². The summed E-state index contributed by atoms with van der Waals surface area (Å²) in [5.41, 5.74) is 0. The van der Waals surface area contributed by atoms with Crippen molar-refractivity contribution < 1.29 is 80.2 Å². The van der Waals surface area contributed by atoms with E-state index in [-0.39, 0.29) is 25.7 Å². The van der Waals surface area contributed by atoms with Crippen LogP contribution in [0.5, 0.6) is 0 Å². The van der Waals surface area contributed by atoms with Gasteiger partial charge in [-0.1, -0.05) is 344 Å². The van der Waals surface area contributed by atoms with Gasteiger partial charge in [0.2, 0.25) is 0 Å². The Morgan fingerprint density at radius 3 is 0.732 bits per heavy atom. The third-order valence-electron chi connectivity index (χ3n) is 18.4. The van der Waals surface area contributed by atoms with Crippen LogP contribution in [0.2, 0.25) is 0 Å². The molecule has 0 aliphatic rings. The summed E-state index contributed by atoms with van der Waals surface area (Å²) < 4.78 is 68.6. The fourth-order valence-electron chi connectivity index (χ4n) is 11.9. The van der Waals surface area contributed by atoms with Gasteiger partial charge in [-0.2, -0.15) is 0 Å². The van der Waals surface area contributed by atoms with Crippen LogP contribution in [0.3, 0.4) is 0 Å². The van der Waals surface area contributed by atoms with Gasteiger partial charge < -0.3 is 33.8 Å². The maximum absolute atomic E-state index is 13.1. The molecule has 0 fully saturated rings. The standard InChI is InChI=1S/C78H152O17P2/c1-9-71(8)57-49-41-36-37-43-51-59-76(81)89-65-74(94-77(82)60-52-44-34-27-23-19-15-11-13-17-21-25-31-39-47-55-69(4)5)67-93-97(86,87)91-63-72(79)62-90-96(84,85)92-66-73(95-78(83)61-53-45-35-29-28-32-40-48-56-70(6)7)64-88-75(80)58-50-42-33-26-22-18-14-10-12-16-20-24-30-38-46-54-68(2)3/h68-74,79H,9-67H2,1-8H3,(H,84,85)(H,86,87)/t71?,72-,73-,74-/m1/s1. The summed E-state index contributed by atoms with van der Waals surface area (Å²) in [6.45, 7) is 14.2. The Labute approximate surface area is 594 Å². The number of rotatable bonds is 75. The Morgan fingerprint density at radius 1 is 0.289 bits per heavy atom. The number of hydrogen-bond acceptors (Lipinski definition) is 15. The third-order valence-corrected chi connectivity index (χ3v) is 20.3. The molecule has 0 rings (SSSR count). The van der Waals surface area contributed by atoms with Crippen molar-refractivity contribution in [2.45, 2.75) is 414 Å². The highest BCUT2D eigenvalue weighted by Crippen LogP contribution is 2.45. The van der Waals surface area contributed by atoms with Gasteiger partial charge in [0, 0.05) is 25.7 Å². The minimum Gasteiger partial charge on any atom is -0.462 e. The molecule has 97 heavy (non-hydrogen) atoms. The zero-order valence-corrected chi connectivity index (χ0v) is 65.5. The maximum Gasteiger partial charge on any atom is 0.472 e. The first kappa shape index (κ1) is 95.1. The highest BCUT2D eigenvalue weighted by atomic mass is 31.2. The number of carbonyl (C=O) groups excluding carboxylic acids is 4. The minimum atomic E-state index is -4.96. The lowest BCUT2D eigenvalue weighted by molar-refractivity contribution is -0.161. The van der Waals surface area contributed by atoms with Crippen LogP contribution >= 0.6 is 15.6 Å². The fourth-order valence-corrected chi connectivity index (χ4v) is 13.5. The fraction of sp³-hybridized carbons (Fsp3) is 0.949. The van der Waals surface area contributed by atoms with Crippen molar-refractivity contribution in [1.82, 2.24) is 0 Å². The topological polar surface area (TPSA) is 237 Å². The van der Waals surface area contributed by atoms with Crippen molar-refractivity contribution in [2.24, 2.45) is 23.7 Å². The molecule has 0 bridgehead atoms. The lowest BCUT2D eigenvalue weighted by Crippen LogP contribution is -2.30. The van der Waals surface area contributed by atoms with Crippen LogP contribution in [0.1, 0.15) is 396 Å². The van der Waals surface area contributed by atoms with E-state index >= 15 is 0 Å². The quantitative estimate of drug-likeness (QED) is 0.0222. The number of ether oxygens (including phenoxy) is 4. The number of aliphatic hydroxyl groups is 1. The number of esters is 4. The summed E-state index contributed by atoms with van der Waals surface area (Å²) in [7, 11) is -9.92. The van der Waals surface area contributed by atoms with E-state index in [4.69, 9.17) is 37.0 Å². The second-order valence-corrected chi connectivity index (χ2v) is 32.7. The first-order valence-corrected chi connectivity index (χ1v) is 43.2. The van der Waals surface area contributed by atoms with Crippen molar-refractivity contribution >= 4 is 39.5 Å². The number of carbonyl (C=O) groups is 4. The van der Waals surface area contributed by atoms with Crippen LogP contribution in [0, 0.1) is 23.7 Å². The molecule has 0 saturated carbocycles. The van der Waals surface area contributed by atoms with E-state index in [0.717, 1.165) is 120 Å². The second kappa shape index (κ2) is 67.2. The lowest BCUT2D eigenvalue weighted by atomic mass is 10.00. The van der Waals surface area contributed by atoms with E-state index < -0.39 is 97.5 Å². The molecule has 0 heterocycles. The van der Waals surface area contributed by atoms with E-state index in [0.29, 0.717) is 25.7 Å². The van der Waals surface area contributed by atoms with Crippen molar-refractivity contribution in [3.63, 3.8) is 0 Å². The number of aliphatic hydroxyl groups excluding tert-OH is 1. The van der Waals surface area contributed by atoms with Crippen molar-refractivity contribution in [1.29, 1.82) is 0 Å². The van der Waals surface area contributed by atoms with E-state index in [1.165, 1.54) is 193 Å². The normalized spacial score (nSPS) is 14.4. The summed E-state index contributed by atoms with van der Waals surface area (Å²) in [5.74, 6) is 0.937. The Kier molecular flexibility index (Phi) is 65.9. The molecule has 3 unspecified atom stereocenters. The molecule has 576 valence electrons. The highest BCUT2D eigenvalue weighted by Gasteiger charge is 2.30. The van der Waals surface area contributed by atoms with Crippen LogP contribution in [-0.2, 0) is 65.4 Å². The van der Waals surface area contributed by atoms with Gasteiger partial charge in [-0.05, 0) is 49.4 Å². The SMILES string of the molecule is CCC(C)CCCCCCCCC(=O)OC[C@H](COP(=O)(O)OC[C@H](O)COP(=O)(O)OC[C@@H](COC(=O)CCCCCCCCCCCCCCCCCC(C)C)OC(=O)CCCCCCCCCCC(C)C)OC(=O)CCCCCCCCCCCCCCCCCC(C)C. The Bertz CT molecular complexity index is 1900. The van der Waals surface area contributed by atoms with Gasteiger partial charge in [-0.3, -0.25) is 37.3 Å². The van der Waals surface area contributed by atoms with E-state index in [9.17, 15) is 43.2 Å². The number of phosphoric acid groups is 2. The molecule has 0 radical (unpaired) electrons. The summed E-state index contributed by atoms with van der Waals surface area (Å²) in [5, 5.41) is 10.6. The van der Waals surface area contributed by atoms with Gasteiger partial charge in [-0.15, -0.1) is 0 Å². The molecule has 6 atom stereocenters. The molecule has 0 aliphatic heterocycles. The molecule has 0 aromatic heterocycles. The molecule has 0 spiro atoms. The predicted molar refractivity (Wildman–Crippen MR) is 395 cm³/mol. The number of hydrogen-bond donors (Lipinski definition) is 3. The first-order chi connectivity index (χ1) is 46.6. The summed E-state index contributed by atoms with van der Waals surface area (Å²) in [6.07, 6.45) is 52.9. The molecular formula is C78H152O17P2. The maximum atomic E-state index is 13.1. The van der Waals surface area contributed by atoms with Crippen LogP contribution < -0.4 is 0 Å². The molecular weight excluding hydrogens is 1270 g/mol. The summed E-state index contributed by atoms with van der Waals surface area (Å²) in [6, 6.07) is 0. The largest absolute Gasteiger partial charge is 0.472 e. The van der Waals surface area contributed by atoms with Crippen molar-refractivity contribution in [3.05, 3.63) is 0 Å². The summed E-state index contributed by atoms with van der Waals surface area (Å²) in [4.78, 5) is 72.9. The van der Waals surface area contributed by atoms with E-state index in [2.05, 4.69) is 55.4 Å². The van der Waals surface area contributed by atoms with Crippen molar-refractivity contribution in [3.8, 4) is 0 Å². The predicted octanol–water partition coefficient (Wildman–Crippen LogP) is 22.8. The van der Waals surface area contributed by atoms with Gasteiger partial charge in [0.05, 0.1) is 26.4 Å². The molecule has 0 saturated heterocycles. The molecule has 3 N–H and O–H groups in total. The highest BCUT2D eigenvalue weighted by molar-refractivity contribution is 7.47. The van der Waals surface area contributed by atoms with Crippen molar-refractivity contribution in [2.75, 3.05) is 39.6 Å². The molecule has 17 nitrogen and oxygen atoms in total. The number of phosphoric ester groups is 2. The Hall–Kier alpha value is -1.94. The molecule has 0 amide bonds. The molecule has 0 aromatic carbocycles. The number of unbranched alkanes of at least 4 members (excludes halogenated alkanes) is 40. The lowest BCUT2D eigenvalue weighted by Gasteiger charge is -2.21. The summed E-state index contributed by atoms with van der Waals surface area (Å²) >= 11 is 0. The average Bonchev–Trinajstić information content (AvgIpc) is 1.13. The minimum absolute atomic E-state index is 0.104. The van der Waals surface area contributed by atoms with E-state index in [1.54, 1.807) is 0 Å².